The summed E-state index contributed by atoms with van der Waals surface area (Å²) in [5.41, 5.74) is 16.0. The molecule has 0 aliphatic carbocycles. The van der Waals surface area contributed by atoms with Crippen LogP contribution < -0.4 is 16.8 Å². The van der Waals surface area contributed by atoms with E-state index in [1.165, 1.54) is 0 Å². The van der Waals surface area contributed by atoms with Gasteiger partial charge in [-0.25, -0.2) is 4.98 Å². The molecule has 3 aromatic heterocycles. The van der Waals surface area contributed by atoms with Gasteiger partial charge in [-0.1, -0.05) is 12.1 Å². The summed E-state index contributed by atoms with van der Waals surface area (Å²) in [5.74, 6) is 0.433. The molecule has 9 heteroatoms. The Morgan fingerprint density at radius 3 is 2.57 bits per heavy atom. The number of phenolic OH excluding ortho intramolecular Hbond substituents is 1. The van der Waals surface area contributed by atoms with E-state index in [2.05, 4.69) is 21.4 Å². The van der Waals surface area contributed by atoms with E-state index in [-0.39, 0.29) is 34.9 Å². The number of nitrogens with one attached hydrogen (secondary N) is 1. The van der Waals surface area contributed by atoms with Crippen LogP contribution in [0.3, 0.4) is 0 Å². The number of nitrogens with zero attached hydrogens (tertiary/aromatic N) is 5. The number of pyridine rings is 1. The number of fused-ring (bicyclic) bond motifs is 1. The molecule has 0 radical (unpaired) electrons. The predicted molar refractivity (Wildman–Crippen MR) is 115 cm³/mol. The molecule has 0 spiro atoms. The summed E-state index contributed by atoms with van der Waals surface area (Å²) >= 11 is 0. The summed E-state index contributed by atoms with van der Waals surface area (Å²) in [4.78, 5) is 12.8. The Balaban J connectivity index is 1.84. The number of nitrogens with two attached hydrogens (primary N) is 2. The second-order valence-electron chi connectivity index (χ2n) is 6.97. The monoisotopic (exact) mass is 400 g/mol. The van der Waals surface area contributed by atoms with Crippen molar-refractivity contribution < 1.29 is 5.11 Å². The van der Waals surface area contributed by atoms with E-state index in [4.69, 9.17) is 16.5 Å². The molecule has 0 saturated heterocycles. The van der Waals surface area contributed by atoms with E-state index < -0.39 is 0 Å². The highest BCUT2D eigenvalue weighted by Crippen LogP contribution is 2.33. The lowest BCUT2D eigenvalue weighted by Crippen LogP contribution is -2.15. The number of rotatable bonds is 4. The molecule has 0 unspecified atom stereocenters. The summed E-state index contributed by atoms with van der Waals surface area (Å²) < 4.78 is 1.99. The number of phenols is 1. The highest BCUT2D eigenvalue weighted by Gasteiger charge is 2.20. The molecule has 3 heterocycles. The predicted octanol–water partition coefficient (Wildman–Crippen LogP) is 2.95. The molecule has 6 N–H and O–H groups in total. The molecule has 0 bridgehead atoms. The Morgan fingerprint density at radius 2 is 1.87 bits per heavy atom. The SMILES string of the molecule is C[C@H](Nc1nc(N)nc(N)c1C#N)c1nc2ccn(C)c2cc1-c1ccc(O)cc1. The van der Waals surface area contributed by atoms with Crippen LogP contribution in [0.25, 0.3) is 22.2 Å². The van der Waals surface area contributed by atoms with Gasteiger partial charge in [0.05, 0.1) is 22.8 Å². The van der Waals surface area contributed by atoms with Crippen LogP contribution in [0, 0.1) is 11.3 Å². The molecule has 1 aromatic carbocycles. The van der Waals surface area contributed by atoms with Gasteiger partial charge in [0.15, 0.2) is 5.82 Å². The molecular formula is C21H20N8O. The fourth-order valence-electron chi connectivity index (χ4n) is 3.39. The normalized spacial score (nSPS) is 11.9. The largest absolute Gasteiger partial charge is 0.508 e. The second kappa shape index (κ2) is 7.25. The first-order valence-corrected chi connectivity index (χ1v) is 9.22. The minimum atomic E-state index is -0.334. The first kappa shape index (κ1) is 19.0. The summed E-state index contributed by atoms with van der Waals surface area (Å²) in [5, 5.41) is 22.3. The van der Waals surface area contributed by atoms with Gasteiger partial charge < -0.3 is 26.5 Å². The standard InChI is InChI=1S/C21H20N8O/c1-11(25-20-15(10-22)19(23)27-21(24)28-20)18-14(12-3-5-13(30)6-4-12)9-17-16(26-18)7-8-29(17)2/h3-9,11,30H,1-2H3,(H5,23,24,25,27,28)/t11-/m0/s1. The first-order chi connectivity index (χ1) is 14.4. The zero-order valence-corrected chi connectivity index (χ0v) is 16.5. The van der Waals surface area contributed by atoms with Crippen molar-refractivity contribution >= 4 is 28.6 Å². The number of hydrogen-bond donors (Lipinski definition) is 4. The maximum absolute atomic E-state index is 9.67. The Labute approximate surface area is 172 Å². The summed E-state index contributed by atoms with van der Waals surface area (Å²) in [6.45, 7) is 1.91. The van der Waals surface area contributed by atoms with Crippen LogP contribution in [0.5, 0.6) is 5.75 Å². The third kappa shape index (κ3) is 3.31. The van der Waals surface area contributed by atoms with Crippen LogP contribution >= 0.6 is 0 Å². The van der Waals surface area contributed by atoms with Gasteiger partial charge in [-0.05, 0) is 36.8 Å². The number of benzene rings is 1. The highest BCUT2D eigenvalue weighted by molar-refractivity contribution is 5.83. The Hall–Kier alpha value is -4.32. The minimum Gasteiger partial charge on any atom is -0.508 e. The molecule has 30 heavy (non-hydrogen) atoms. The maximum atomic E-state index is 9.67. The molecule has 4 rings (SSSR count). The van der Waals surface area contributed by atoms with Crippen molar-refractivity contribution in [2.75, 3.05) is 16.8 Å². The van der Waals surface area contributed by atoms with E-state index in [0.717, 1.165) is 27.9 Å². The number of nitriles is 1. The van der Waals surface area contributed by atoms with Gasteiger partial charge in [-0.15, -0.1) is 0 Å². The average Bonchev–Trinajstić information content (AvgIpc) is 3.07. The van der Waals surface area contributed by atoms with Gasteiger partial charge in [0.1, 0.15) is 23.2 Å². The van der Waals surface area contributed by atoms with Crippen LogP contribution in [0.4, 0.5) is 17.6 Å². The Bertz CT molecular complexity index is 1290. The van der Waals surface area contributed by atoms with Crippen molar-refractivity contribution in [1.82, 2.24) is 19.5 Å². The highest BCUT2D eigenvalue weighted by atomic mass is 16.3. The van der Waals surface area contributed by atoms with E-state index in [9.17, 15) is 10.4 Å². The van der Waals surface area contributed by atoms with E-state index in [1.54, 1.807) is 12.1 Å². The molecule has 0 fully saturated rings. The molecule has 1 atom stereocenters. The van der Waals surface area contributed by atoms with Gasteiger partial charge in [0, 0.05) is 18.8 Å². The fourth-order valence-corrected chi connectivity index (χ4v) is 3.39. The van der Waals surface area contributed by atoms with Gasteiger partial charge in [-0.3, -0.25) is 0 Å². The van der Waals surface area contributed by atoms with Crippen molar-refractivity contribution in [1.29, 1.82) is 5.26 Å². The van der Waals surface area contributed by atoms with Gasteiger partial charge in [0.25, 0.3) is 0 Å². The quantitative estimate of drug-likeness (QED) is 0.408. The minimum absolute atomic E-state index is 0.0185. The zero-order valence-electron chi connectivity index (χ0n) is 16.5. The molecule has 0 amide bonds. The number of aromatic nitrogens is 4. The fraction of sp³-hybridized carbons (Fsp3) is 0.143. The van der Waals surface area contributed by atoms with Crippen molar-refractivity contribution in [2.24, 2.45) is 7.05 Å². The van der Waals surface area contributed by atoms with Gasteiger partial charge >= 0.3 is 0 Å². The number of aryl methyl sites for hydroxylation is 1. The third-order valence-corrected chi connectivity index (χ3v) is 4.90. The smallest absolute Gasteiger partial charge is 0.224 e. The first-order valence-electron chi connectivity index (χ1n) is 9.22. The van der Waals surface area contributed by atoms with E-state index >= 15 is 0 Å². The molecule has 150 valence electrons. The lowest BCUT2D eigenvalue weighted by atomic mass is 9.99. The maximum Gasteiger partial charge on any atom is 0.224 e. The number of nitrogen functional groups attached to an aromatic ring is 2. The Morgan fingerprint density at radius 1 is 1.13 bits per heavy atom. The molecule has 0 aliphatic heterocycles. The third-order valence-electron chi connectivity index (χ3n) is 4.90. The summed E-state index contributed by atoms with van der Waals surface area (Å²) in [6.07, 6.45) is 1.94. The van der Waals surface area contributed by atoms with Crippen molar-refractivity contribution in [3.63, 3.8) is 0 Å². The van der Waals surface area contributed by atoms with Crippen LogP contribution in [0.1, 0.15) is 24.2 Å². The van der Waals surface area contributed by atoms with Gasteiger partial charge in [0.2, 0.25) is 5.95 Å². The lowest BCUT2D eigenvalue weighted by Gasteiger charge is -2.19. The number of aromatic hydroxyl groups is 1. The number of anilines is 3. The van der Waals surface area contributed by atoms with Crippen molar-refractivity contribution in [3.8, 4) is 22.9 Å². The topological polar surface area (TPSA) is 152 Å². The average molecular weight is 400 g/mol. The van der Waals surface area contributed by atoms with E-state index in [1.807, 2.05) is 49.0 Å². The second-order valence-corrected chi connectivity index (χ2v) is 6.97. The van der Waals surface area contributed by atoms with E-state index in [0.29, 0.717) is 0 Å². The summed E-state index contributed by atoms with van der Waals surface area (Å²) in [7, 11) is 1.96. The molecule has 0 saturated carbocycles. The van der Waals surface area contributed by atoms with Gasteiger partial charge in [-0.2, -0.15) is 15.2 Å². The van der Waals surface area contributed by atoms with Crippen LogP contribution in [-0.2, 0) is 7.05 Å². The van der Waals surface area contributed by atoms with Crippen LogP contribution in [-0.4, -0.2) is 24.6 Å². The molecule has 9 nitrogen and oxygen atoms in total. The molecule has 0 aliphatic rings. The Kier molecular flexibility index (Phi) is 4.60. The number of hydrogen-bond acceptors (Lipinski definition) is 8. The summed E-state index contributed by atoms with van der Waals surface area (Å²) in [6, 6.07) is 12.6. The van der Waals surface area contributed by atoms with Crippen molar-refractivity contribution in [3.05, 3.63) is 53.9 Å². The van der Waals surface area contributed by atoms with Crippen LogP contribution in [0.15, 0.2) is 42.6 Å². The van der Waals surface area contributed by atoms with Crippen molar-refractivity contribution in [2.45, 2.75) is 13.0 Å². The zero-order chi connectivity index (χ0) is 21.4. The lowest BCUT2D eigenvalue weighted by molar-refractivity contribution is 0.475. The molecular weight excluding hydrogens is 380 g/mol. The van der Waals surface area contributed by atoms with Crippen LogP contribution in [0.2, 0.25) is 0 Å². The molecule has 4 aromatic rings.